The molecule has 7 heteroatoms. The minimum absolute atomic E-state index is 0.0553. The Morgan fingerprint density at radius 3 is 2.38 bits per heavy atom. The first-order chi connectivity index (χ1) is 17.7. The standard InChI is InChI=1S/C30H19F3O4/c1-18-9-11-19(12-10-18)13-16-26(34)36-21-14-15-24-25(17-21)37-29(30(31,32)33)27(28(24)35)23-8-4-6-20-5-2-3-7-22(20)23/h2-17H,1H3/b16-13+. The normalized spacial score (nSPS) is 11.9. The summed E-state index contributed by atoms with van der Waals surface area (Å²) in [4.78, 5) is 25.6. The number of benzene rings is 4. The summed E-state index contributed by atoms with van der Waals surface area (Å²) in [5.41, 5.74) is 0.235. The molecule has 0 aliphatic heterocycles. The molecule has 0 fully saturated rings. The molecule has 0 saturated heterocycles. The van der Waals surface area contributed by atoms with E-state index in [4.69, 9.17) is 9.15 Å². The van der Waals surface area contributed by atoms with Gasteiger partial charge < -0.3 is 9.15 Å². The molecule has 0 amide bonds. The van der Waals surface area contributed by atoms with Crippen LogP contribution >= 0.6 is 0 Å². The lowest BCUT2D eigenvalue weighted by Crippen LogP contribution is -2.16. The largest absolute Gasteiger partial charge is 0.450 e. The summed E-state index contributed by atoms with van der Waals surface area (Å²) in [7, 11) is 0. The highest BCUT2D eigenvalue weighted by Crippen LogP contribution is 2.39. The van der Waals surface area contributed by atoms with Crippen LogP contribution in [0.3, 0.4) is 0 Å². The van der Waals surface area contributed by atoms with Crippen LogP contribution in [0.25, 0.3) is 38.9 Å². The van der Waals surface area contributed by atoms with Gasteiger partial charge in [-0.3, -0.25) is 4.79 Å². The highest BCUT2D eigenvalue weighted by Gasteiger charge is 2.39. The van der Waals surface area contributed by atoms with E-state index in [9.17, 15) is 22.8 Å². The Kier molecular flexibility index (Phi) is 6.13. The van der Waals surface area contributed by atoms with Gasteiger partial charge in [-0.05, 0) is 47.0 Å². The first kappa shape index (κ1) is 24.1. The second-order valence-corrected chi connectivity index (χ2v) is 8.48. The van der Waals surface area contributed by atoms with Crippen LogP contribution in [0.4, 0.5) is 13.2 Å². The molecule has 0 spiro atoms. The lowest BCUT2D eigenvalue weighted by atomic mass is 9.96. The fourth-order valence-electron chi connectivity index (χ4n) is 4.12. The molecule has 0 N–H and O–H groups in total. The summed E-state index contributed by atoms with van der Waals surface area (Å²) in [5.74, 6) is -2.20. The predicted octanol–water partition coefficient (Wildman–Crippen LogP) is 7.56. The van der Waals surface area contributed by atoms with Crippen LogP contribution in [0.1, 0.15) is 16.9 Å². The lowest BCUT2D eigenvalue weighted by molar-refractivity contribution is -0.152. The van der Waals surface area contributed by atoms with Crippen molar-refractivity contribution in [3.63, 3.8) is 0 Å². The molecule has 0 unspecified atom stereocenters. The van der Waals surface area contributed by atoms with Gasteiger partial charge in [-0.1, -0.05) is 72.3 Å². The van der Waals surface area contributed by atoms with Gasteiger partial charge in [0.05, 0.1) is 10.9 Å². The van der Waals surface area contributed by atoms with Crippen molar-refractivity contribution in [3.05, 3.63) is 118 Å². The summed E-state index contributed by atoms with van der Waals surface area (Å²) in [6.45, 7) is 1.94. The van der Waals surface area contributed by atoms with Gasteiger partial charge in [-0.15, -0.1) is 0 Å². The quantitative estimate of drug-likeness (QED) is 0.145. The molecule has 1 heterocycles. The van der Waals surface area contributed by atoms with E-state index in [1.165, 1.54) is 24.3 Å². The predicted molar refractivity (Wildman–Crippen MR) is 136 cm³/mol. The molecule has 4 nitrogen and oxygen atoms in total. The first-order valence-corrected chi connectivity index (χ1v) is 11.3. The van der Waals surface area contributed by atoms with Crippen molar-refractivity contribution in [2.24, 2.45) is 0 Å². The monoisotopic (exact) mass is 500 g/mol. The molecule has 0 aliphatic rings. The van der Waals surface area contributed by atoms with Crippen LogP contribution in [0, 0.1) is 6.92 Å². The van der Waals surface area contributed by atoms with Gasteiger partial charge in [0.1, 0.15) is 11.3 Å². The number of halogens is 3. The molecule has 4 aromatic carbocycles. The molecule has 0 aliphatic carbocycles. The number of aryl methyl sites for hydroxylation is 1. The molecule has 0 radical (unpaired) electrons. The van der Waals surface area contributed by atoms with E-state index in [1.54, 1.807) is 42.5 Å². The lowest BCUT2D eigenvalue weighted by Gasteiger charge is -2.14. The van der Waals surface area contributed by atoms with E-state index in [-0.39, 0.29) is 22.3 Å². The van der Waals surface area contributed by atoms with E-state index in [1.807, 2.05) is 31.2 Å². The Bertz CT molecular complexity index is 1720. The van der Waals surface area contributed by atoms with Crippen LogP contribution in [0.2, 0.25) is 0 Å². The smallest absolute Gasteiger partial charge is 0.450 e. The molecular formula is C30H19F3O4. The number of hydrogen-bond donors (Lipinski definition) is 0. The van der Waals surface area contributed by atoms with Gasteiger partial charge in [0.2, 0.25) is 11.2 Å². The number of alkyl halides is 3. The molecule has 5 rings (SSSR count). The third-order valence-corrected chi connectivity index (χ3v) is 5.89. The van der Waals surface area contributed by atoms with E-state index >= 15 is 0 Å². The second-order valence-electron chi connectivity index (χ2n) is 8.48. The maximum Gasteiger partial charge on any atom is 0.450 e. The van der Waals surface area contributed by atoms with E-state index in [0.29, 0.717) is 10.8 Å². The molecule has 37 heavy (non-hydrogen) atoms. The molecule has 0 bridgehead atoms. The Balaban J connectivity index is 1.56. The second kappa shape index (κ2) is 9.43. The number of rotatable bonds is 4. The number of carbonyl (C=O) groups excluding carboxylic acids is 1. The van der Waals surface area contributed by atoms with Crippen LogP contribution in [0.5, 0.6) is 5.75 Å². The average molecular weight is 500 g/mol. The number of ether oxygens (including phenoxy) is 1. The number of fused-ring (bicyclic) bond motifs is 2. The molecule has 184 valence electrons. The van der Waals surface area contributed by atoms with Crippen molar-refractivity contribution in [3.8, 4) is 16.9 Å². The zero-order chi connectivity index (χ0) is 26.2. The molecule has 1 aromatic heterocycles. The highest BCUT2D eigenvalue weighted by atomic mass is 19.4. The van der Waals surface area contributed by atoms with Gasteiger partial charge in [-0.2, -0.15) is 13.2 Å². The number of hydrogen-bond acceptors (Lipinski definition) is 4. The van der Waals surface area contributed by atoms with Gasteiger partial charge in [0, 0.05) is 12.1 Å². The van der Waals surface area contributed by atoms with Crippen LogP contribution < -0.4 is 10.2 Å². The number of esters is 1. The van der Waals surface area contributed by atoms with Gasteiger partial charge in [-0.25, -0.2) is 4.79 Å². The van der Waals surface area contributed by atoms with Crippen LogP contribution in [0.15, 0.2) is 100 Å². The fourth-order valence-corrected chi connectivity index (χ4v) is 4.12. The van der Waals surface area contributed by atoms with Crippen LogP contribution in [-0.4, -0.2) is 5.97 Å². The third-order valence-electron chi connectivity index (χ3n) is 5.89. The first-order valence-electron chi connectivity index (χ1n) is 11.3. The highest BCUT2D eigenvalue weighted by molar-refractivity contribution is 5.99. The van der Waals surface area contributed by atoms with Gasteiger partial charge in [0.25, 0.3) is 0 Å². The van der Waals surface area contributed by atoms with Crippen LogP contribution in [-0.2, 0) is 11.0 Å². The van der Waals surface area contributed by atoms with Crippen molar-refractivity contribution < 1.29 is 27.1 Å². The van der Waals surface area contributed by atoms with Crippen molar-refractivity contribution >= 4 is 33.8 Å². The van der Waals surface area contributed by atoms with Crippen molar-refractivity contribution in [1.82, 2.24) is 0 Å². The summed E-state index contributed by atoms with van der Waals surface area (Å²) in [5, 5.41) is 1.12. The fraction of sp³-hybridized carbons (Fsp3) is 0.0667. The average Bonchev–Trinajstić information content (AvgIpc) is 2.87. The van der Waals surface area contributed by atoms with Crippen molar-refractivity contribution in [2.75, 3.05) is 0 Å². The Morgan fingerprint density at radius 1 is 0.892 bits per heavy atom. The topological polar surface area (TPSA) is 56.5 Å². The maximum atomic E-state index is 14.1. The van der Waals surface area contributed by atoms with Crippen molar-refractivity contribution in [1.29, 1.82) is 0 Å². The summed E-state index contributed by atoms with van der Waals surface area (Å²) in [6.07, 6.45) is -2.18. The minimum Gasteiger partial charge on any atom is -0.450 e. The molecule has 0 atom stereocenters. The van der Waals surface area contributed by atoms with Gasteiger partial charge in [0.15, 0.2) is 0 Å². The summed E-state index contributed by atoms with van der Waals surface area (Å²) >= 11 is 0. The molecule has 5 aromatic rings. The van der Waals surface area contributed by atoms with Crippen molar-refractivity contribution in [2.45, 2.75) is 13.1 Å². The Morgan fingerprint density at radius 2 is 1.62 bits per heavy atom. The Hall–Kier alpha value is -4.65. The maximum absolute atomic E-state index is 14.1. The third kappa shape index (κ3) is 4.89. The number of carbonyl (C=O) groups is 1. The SMILES string of the molecule is Cc1ccc(/C=C/C(=O)Oc2ccc3c(=O)c(-c4cccc5ccccc45)c(C(F)(F)F)oc3c2)cc1. The van der Waals surface area contributed by atoms with Gasteiger partial charge >= 0.3 is 12.1 Å². The summed E-state index contributed by atoms with van der Waals surface area (Å²) < 4.78 is 52.8. The summed E-state index contributed by atoms with van der Waals surface area (Å²) in [6, 6.07) is 22.9. The van der Waals surface area contributed by atoms with E-state index in [2.05, 4.69) is 0 Å². The zero-order valence-electron chi connectivity index (χ0n) is 19.5. The minimum atomic E-state index is -4.94. The molecular weight excluding hydrogens is 481 g/mol. The Labute approximate surface area is 209 Å². The zero-order valence-corrected chi connectivity index (χ0v) is 19.5. The van der Waals surface area contributed by atoms with E-state index < -0.39 is 28.9 Å². The molecule has 0 saturated carbocycles. The van der Waals surface area contributed by atoms with E-state index in [0.717, 1.165) is 17.2 Å².